The fourth-order valence-electron chi connectivity index (χ4n) is 8.14. The predicted molar refractivity (Wildman–Crippen MR) is 247 cm³/mol. The zero-order valence-corrected chi connectivity index (χ0v) is 38.1. The summed E-state index contributed by atoms with van der Waals surface area (Å²) in [5.41, 5.74) is 3.54. The van der Waals surface area contributed by atoms with E-state index in [-0.39, 0.29) is 59.8 Å². The SMILES string of the molecule is CCOC(=O)Cc1cccc(-c2cc(C(=O)c3ccc(C(=O)c4ccc(O[C@H]5O[C@H](CO)[C@@H](O)[C@H](O)[C@@H]5O)c(-c5cccc(CC(=O)OCC)c5)c4)cc3)ccc2O[C@H]2O[C@H](CO)[C@@H](O)[C@H](O)[C@@H]2O)c1. The van der Waals surface area contributed by atoms with Gasteiger partial charge >= 0.3 is 11.9 Å². The lowest BCUT2D eigenvalue weighted by molar-refractivity contribution is -0.277. The Hall–Kier alpha value is -6.42. The molecule has 2 saturated heterocycles. The van der Waals surface area contributed by atoms with Crippen LogP contribution in [0.25, 0.3) is 22.3 Å². The summed E-state index contributed by atoms with van der Waals surface area (Å²) in [6.45, 7) is 2.38. The van der Waals surface area contributed by atoms with Crippen LogP contribution >= 0.6 is 0 Å². The van der Waals surface area contributed by atoms with Gasteiger partial charge in [-0.1, -0.05) is 72.8 Å². The molecular weight excluding hydrogens is 913 g/mol. The number of hydrogen-bond acceptors (Lipinski definition) is 18. The average Bonchev–Trinajstić information content (AvgIpc) is 3.36. The lowest BCUT2D eigenvalue weighted by atomic mass is 9.94. The van der Waals surface area contributed by atoms with Gasteiger partial charge < -0.3 is 69.3 Å². The molecule has 0 aromatic heterocycles. The zero-order chi connectivity index (χ0) is 50.2. The molecular formula is C52H54O18. The standard InChI is InChI=1S/C52H54O18/c1-3-65-41(55)21-27-7-5-9-31(19-27)35-23-33(15-17-37(35)67-51-49(63)47(61)45(59)39(25-53)69-51)43(57)29-11-13-30(14-12-29)44(58)34-16-18-38(68-52-50(64)48(62)46(60)40(26-54)70-52)36(24-34)32-10-6-8-28(20-32)22-42(56)66-4-2/h5-20,23-24,39-40,45-54,59-64H,3-4,21-22,25-26H2,1-2H3/t39-,40-,45-,46-,47+,48+,49+,50+,51+,52+/m1/s1. The minimum absolute atomic E-state index is 0.0556. The highest BCUT2D eigenvalue weighted by molar-refractivity contribution is 6.12. The van der Waals surface area contributed by atoms with E-state index in [1.54, 1.807) is 62.4 Å². The van der Waals surface area contributed by atoms with Crippen molar-refractivity contribution in [1.82, 2.24) is 0 Å². The first-order valence-electron chi connectivity index (χ1n) is 22.6. The Morgan fingerprint density at radius 1 is 0.471 bits per heavy atom. The number of ketones is 2. The topological polar surface area (TPSA) is 285 Å². The van der Waals surface area contributed by atoms with E-state index in [1.807, 2.05) is 0 Å². The molecule has 7 rings (SSSR count). The molecule has 2 fully saturated rings. The summed E-state index contributed by atoms with van der Waals surface area (Å²) in [6, 6.07) is 28.4. The van der Waals surface area contributed by atoms with Gasteiger partial charge in [0.15, 0.2) is 11.6 Å². The number of benzene rings is 5. The number of rotatable bonds is 18. The summed E-state index contributed by atoms with van der Waals surface area (Å²) in [5.74, 6) is -1.66. The van der Waals surface area contributed by atoms with Crippen molar-refractivity contribution in [3.8, 4) is 33.8 Å². The molecule has 0 radical (unpaired) electrons. The monoisotopic (exact) mass is 966 g/mol. The number of carbonyl (C=O) groups excluding carboxylic acids is 4. The highest BCUT2D eigenvalue weighted by Gasteiger charge is 2.46. The molecule has 0 amide bonds. The Bertz CT molecular complexity index is 2470. The maximum absolute atomic E-state index is 14.2. The van der Waals surface area contributed by atoms with Crippen molar-refractivity contribution in [2.45, 2.75) is 88.1 Å². The summed E-state index contributed by atoms with van der Waals surface area (Å²) in [6.07, 6.45) is -15.9. The molecule has 0 saturated carbocycles. The van der Waals surface area contributed by atoms with Crippen LogP contribution in [0.1, 0.15) is 56.8 Å². The number of esters is 2. The van der Waals surface area contributed by atoms with Crippen molar-refractivity contribution < 1.29 is 88.5 Å². The molecule has 5 aromatic carbocycles. The van der Waals surface area contributed by atoms with Crippen molar-refractivity contribution in [3.63, 3.8) is 0 Å². The molecule has 2 aliphatic heterocycles. The van der Waals surface area contributed by atoms with Crippen molar-refractivity contribution in [1.29, 1.82) is 0 Å². The van der Waals surface area contributed by atoms with Gasteiger partial charge in [0.05, 0.1) is 39.3 Å². The van der Waals surface area contributed by atoms with Gasteiger partial charge in [0.1, 0.15) is 60.3 Å². The Kier molecular flexibility index (Phi) is 16.9. The quantitative estimate of drug-likeness (QED) is 0.0461. The number of ether oxygens (including phenoxy) is 6. The molecule has 0 bridgehead atoms. The van der Waals surface area contributed by atoms with Crippen LogP contribution in [0, 0.1) is 0 Å². The van der Waals surface area contributed by atoms with E-state index in [0.29, 0.717) is 33.4 Å². The van der Waals surface area contributed by atoms with Crippen molar-refractivity contribution in [3.05, 3.63) is 143 Å². The highest BCUT2D eigenvalue weighted by Crippen LogP contribution is 2.37. The molecule has 370 valence electrons. The number of carbonyl (C=O) groups is 4. The third-order valence-electron chi connectivity index (χ3n) is 11.9. The van der Waals surface area contributed by atoms with E-state index in [0.717, 1.165) is 0 Å². The highest BCUT2D eigenvalue weighted by atomic mass is 16.7. The lowest BCUT2D eigenvalue weighted by Crippen LogP contribution is -2.60. The molecule has 10 atom stereocenters. The Morgan fingerprint density at radius 2 is 0.843 bits per heavy atom. The Morgan fingerprint density at radius 3 is 1.20 bits per heavy atom. The first-order chi connectivity index (χ1) is 33.6. The second kappa shape index (κ2) is 23.0. The van der Waals surface area contributed by atoms with E-state index in [1.165, 1.54) is 60.7 Å². The molecule has 70 heavy (non-hydrogen) atoms. The second-order valence-electron chi connectivity index (χ2n) is 16.7. The number of aliphatic hydroxyl groups is 8. The van der Waals surface area contributed by atoms with Crippen LogP contribution in [0.15, 0.2) is 109 Å². The van der Waals surface area contributed by atoms with Crippen molar-refractivity contribution >= 4 is 23.5 Å². The van der Waals surface area contributed by atoms with E-state index in [4.69, 9.17) is 28.4 Å². The Labute approximate surface area is 401 Å². The van der Waals surface area contributed by atoms with Gasteiger partial charge in [-0.15, -0.1) is 0 Å². The lowest BCUT2D eigenvalue weighted by Gasteiger charge is -2.39. The summed E-state index contributed by atoms with van der Waals surface area (Å²) in [4.78, 5) is 53.1. The van der Waals surface area contributed by atoms with Crippen LogP contribution in [-0.2, 0) is 41.4 Å². The molecule has 5 aromatic rings. The minimum atomic E-state index is -1.73. The average molecular weight is 967 g/mol. The van der Waals surface area contributed by atoms with E-state index >= 15 is 0 Å². The van der Waals surface area contributed by atoms with Crippen LogP contribution < -0.4 is 9.47 Å². The van der Waals surface area contributed by atoms with Gasteiger partial charge in [-0.25, -0.2) is 0 Å². The smallest absolute Gasteiger partial charge is 0.310 e. The van der Waals surface area contributed by atoms with Crippen molar-refractivity contribution in [2.24, 2.45) is 0 Å². The summed E-state index contributed by atoms with van der Waals surface area (Å²) in [5, 5.41) is 82.6. The van der Waals surface area contributed by atoms with E-state index < -0.39 is 98.1 Å². The summed E-state index contributed by atoms with van der Waals surface area (Å²) in [7, 11) is 0. The molecule has 18 heteroatoms. The fraction of sp³-hybridized carbons (Fsp3) is 0.346. The maximum atomic E-state index is 14.2. The number of hydrogen-bond donors (Lipinski definition) is 8. The second-order valence-corrected chi connectivity index (χ2v) is 16.7. The van der Waals surface area contributed by atoms with E-state index in [9.17, 15) is 60.0 Å². The van der Waals surface area contributed by atoms with Crippen LogP contribution in [0.3, 0.4) is 0 Å². The van der Waals surface area contributed by atoms with Crippen LogP contribution in [0.5, 0.6) is 11.5 Å². The Balaban J connectivity index is 1.18. The molecule has 2 aliphatic rings. The molecule has 8 N–H and O–H groups in total. The zero-order valence-electron chi connectivity index (χ0n) is 38.1. The first-order valence-corrected chi connectivity index (χ1v) is 22.6. The molecule has 0 spiro atoms. The van der Waals surface area contributed by atoms with Crippen LogP contribution in [-0.4, -0.2) is 152 Å². The third kappa shape index (κ3) is 11.6. The normalized spacial score (nSPS) is 24.3. The van der Waals surface area contributed by atoms with Gasteiger partial charge in [0.2, 0.25) is 12.6 Å². The fourth-order valence-corrected chi connectivity index (χ4v) is 8.14. The maximum Gasteiger partial charge on any atom is 0.310 e. The van der Waals surface area contributed by atoms with E-state index in [2.05, 4.69) is 0 Å². The molecule has 0 unspecified atom stereocenters. The molecule has 18 nitrogen and oxygen atoms in total. The summed E-state index contributed by atoms with van der Waals surface area (Å²) < 4.78 is 33.5. The van der Waals surface area contributed by atoms with Crippen molar-refractivity contribution in [2.75, 3.05) is 26.4 Å². The summed E-state index contributed by atoms with van der Waals surface area (Å²) >= 11 is 0. The van der Waals surface area contributed by atoms with Gasteiger partial charge in [-0.2, -0.15) is 0 Å². The minimum Gasteiger partial charge on any atom is -0.466 e. The molecule has 0 aliphatic carbocycles. The number of aliphatic hydroxyl groups excluding tert-OH is 8. The van der Waals surface area contributed by atoms with Gasteiger partial charge in [-0.05, 0) is 72.5 Å². The third-order valence-corrected chi connectivity index (χ3v) is 11.9. The van der Waals surface area contributed by atoms with Gasteiger partial charge in [-0.3, -0.25) is 19.2 Å². The van der Waals surface area contributed by atoms with Crippen LogP contribution in [0.4, 0.5) is 0 Å². The van der Waals surface area contributed by atoms with Gasteiger partial charge in [0.25, 0.3) is 0 Å². The first kappa shape index (κ1) is 51.4. The van der Waals surface area contributed by atoms with Gasteiger partial charge in [0, 0.05) is 33.4 Å². The largest absolute Gasteiger partial charge is 0.466 e. The van der Waals surface area contributed by atoms with Crippen LogP contribution in [0.2, 0.25) is 0 Å². The molecule has 2 heterocycles. The predicted octanol–water partition coefficient (Wildman–Crippen LogP) is 2.05.